The molecule has 3 nitrogen and oxygen atoms in total. The Morgan fingerprint density at radius 1 is 1.15 bits per heavy atom. The second kappa shape index (κ2) is 4.33. The minimum Gasteiger partial charge on any atom is -0.317 e. The summed E-state index contributed by atoms with van der Waals surface area (Å²) in [5.41, 5.74) is 1.30. The van der Waals surface area contributed by atoms with Crippen LogP contribution >= 0.6 is 0 Å². The van der Waals surface area contributed by atoms with Crippen molar-refractivity contribution in [2.75, 3.05) is 13.1 Å². The molecule has 0 spiro atoms. The van der Waals surface area contributed by atoms with E-state index in [0.29, 0.717) is 5.92 Å². The molecule has 0 saturated carbocycles. The van der Waals surface area contributed by atoms with Crippen LogP contribution in [0, 0.1) is 0 Å². The van der Waals surface area contributed by atoms with E-state index in [1.54, 1.807) is 6.33 Å². The third-order valence-electron chi connectivity index (χ3n) is 2.63. The lowest BCUT2D eigenvalue weighted by Crippen LogP contribution is -2.13. The lowest BCUT2D eigenvalue weighted by Gasteiger charge is -2.12. The van der Waals surface area contributed by atoms with Crippen molar-refractivity contribution in [1.29, 1.82) is 0 Å². The van der Waals surface area contributed by atoms with Gasteiger partial charge < -0.3 is 5.32 Å². The smallest absolute Gasteiger partial charge is 0.115 e. The summed E-state index contributed by atoms with van der Waals surface area (Å²) in [6.07, 6.45) is 9.23. The van der Waals surface area contributed by atoms with E-state index >= 15 is 0 Å². The molecule has 2 rings (SSSR count). The molecule has 3 heteroatoms. The number of rotatable bonds is 1. The predicted molar refractivity (Wildman–Crippen MR) is 51.5 cm³/mol. The van der Waals surface area contributed by atoms with Crippen LogP contribution in [-0.4, -0.2) is 23.1 Å². The van der Waals surface area contributed by atoms with Crippen LogP contribution in [0.3, 0.4) is 0 Å². The SMILES string of the molecule is c1ncc(C2CCCNCC2)cn1. The van der Waals surface area contributed by atoms with Gasteiger partial charge in [-0.25, -0.2) is 9.97 Å². The van der Waals surface area contributed by atoms with Gasteiger partial charge in [0.1, 0.15) is 6.33 Å². The Morgan fingerprint density at radius 3 is 2.85 bits per heavy atom. The van der Waals surface area contributed by atoms with Crippen molar-refractivity contribution in [3.8, 4) is 0 Å². The molecule has 0 aliphatic carbocycles. The van der Waals surface area contributed by atoms with Gasteiger partial charge in [-0.1, -0.05) is 0 Å². The number of nitrogens with one attached hydrogen (secondary N) is 1. The molecule has 2 heterocycles. The molecule has 1 fully saturated rings. The summed E-state index contributed by atoms with van der Waals surface area (Å²) in [4.78, 5) is 8.12. The highest BCUT2D eigenvalue weighted by molar-refractivity contribution is 5.10. The Hall–Kier alpha value is -0.960. The van der Waals surface area contributed by atoms with Gasteiger partial charge in [-0.3, -0.25) is 0 Å². The molecule has 0 bridgehead atoms. The molecule has 0 aromatic carbocycles. The Kier molecular flexibility index (Phi) is 2.87. The summed E-state index contributed by atoms with van der Waals surface area (Å²) >= 11 is 0. The maximum absolute atomic E-state index is 4.06. The Balaban J connectivity index is 2.06. The average Bonchev–Trinajstić information content (AvgIpc) is 2.47. The molecular formula is C10H15N3. The van der Waals surface area contributed by atoms with Crippen molar-refractivity contribution in [2.45, 2.75) is 25.2 Å². The van der Waals surface area contributed by atoms with Crippen LogP contribution in [0.25, 0.3) is 0 Å². The number of hydrogen-bond acceptors (Lipinski definition) is 3. The third-order valence-corrected chi connectivity index (χ3v) is 2.63. The number of aromatic nitrogens is 2. The maximum Gasteiger partial charge on any atom is 0.115 e. The van der Waals surface area contributed by atoms with Crippen LogP contribution in [0.5, 0.6) is 0 Å². The van der Waals surface area contributed by atoms with Gasteiger partial charge >= 0.3 is 0 Å². The van der Waals surface area contributed by atoms with E-state index in [0.717, 1.165) is 13.1 Å². The minimum absolute atomic E-state index is 0.663. The summed E-state index contributed by atoms with van der Waals surface area (Å²) < 4.78 is 0. The van der Waals surface area contributed by atoms with Crippen molar-refractivity contribution in [3.05, 3.63) is 24.3 Å². The largest absolute Gasteiger partial charge is 0.317 e. The molecule has 1 saturated heterocycles. The number of hydrogen-bond donors (Lipinski definition) is 1. The summed E-state index contributed by atoms with van der Waals surface area (Å²) in [6.45, 7) is 2.28. The summed E-state index contributed by atoms with van der Waals surface area (Å²) in [6, 6.07) is 0. The molecule has 70 valence electrons. The molecule has 1 aromatic rings. The highest BCUT2D eigenvalue weighted by Crippen LogP contribution is 2.24. The van der Waals surface area contributed by atoms with Crippen LogP contribution in [0.4, 0.5) is 0 Å². The predicted octanol–water partition coefficient (Wildman–Crippen LogP) is 1.33. The first-order chi connectivity index (χ1) is 6.47. The van der Waals surface area contributed by atoms with Crippen LogP contribution in [0.1, 0.15) is 30.7 Å². The van der Waals surface area contributed by atoms with Gasteiger partial charge in [0.15, 0.2) is 0 Å². The molecule has 1 N–H and O–H groups in total. The molecule has 1 aliphatic rings. The zero-order valence-corrected chi connectivity index (χ0v) is 7.74. The Bertz CT molecular complexity index is 240. The quantitative estimate of drug-likeness (QED) is 0.703. The number of nitrogens with zero attached hydrogens (tertiary/aromatic N) is 2. The monoisotopic (exact) mass is 177 g/mol. The molecular weight excluding hydrogens is 162 g/mol. The van der Waals surface area contributed by atoms with E-state index in [1.165, 1.54) is 24.8 Å². The lowest BCUT2D eigenvalue weighted by molar-refractivity contribution is 0.605. The van der Waals surface area contributed by atoms with E-state index < -0.39 is 0 Å². The van der Waals surface area contributed by atoms with Crippen LogP contribution in [0.2, 0.25) is 0 Å². The first-order valence-corrected chi connectivity index (χ1v) is 4.92. The summed E-state index contributed by atoms with van der Waals surface area (Å²) in [7, 11) is 0. The zero-order chi connectivity index (χ0) is 8.93. The van der Waals surface area contributed by atoms with Crippen molar-refractivity contribution >= 4 is 0 Å². The highest BCUT2D eigenvalue weighted by Gasteiger charge is 2.13. The average molecular weight is 177 g/mol. The zero-order valence-electron chi connectivity index (χ0n) is 7.74. The van der Waals surface area contributed by atoms with Crippen molar-refractivity contribution < 1.29 is 0 Å². The van der Waals surface area contributed by atoms with E-state index in [2.05, 4.69) is 15.3 Å². The van der Waals surface area contributed by atoms with E-state index in [4.69, 9.17) is 0 Å². The molecule has 1 aliphatic heterocycles. The fourth-order valence-electron chi connectivity index (χ4n) is 1.87. The van der Waals surface area contributed by atoms with Crippen molar-refractivity contribution in [1.82, 2.24) is 15.3 Å². The van der Waals surface area contributed by atoms with Gasteiger partial charge in [0, 0.05) is 12.4 Å². The molecule has 13 heavy (non-hydrogen) atoms. The Labute approximate surface area is 78.6 Å². The molecule has 1 aromatic heterocycles. The van der Waals surface area contributed by atoms with Crippen LogP contribution in [-0.2, 0) is 0 Å². The van der Waals surface area contributed by atoms with Gasteiger partial charge in [-0.05, 0) is 43.8 Å². The van der Waals surface area contributed by atoms with E-state index in [9.17, 15) is 0 Å². The first-order valence-electron chi connectivity index (χ1n) is 4.92. The molecule has 1 atom stereocenters. The normalized spacial score (nSPS) is 23.8. The molecule has 1 unspecified atom stereocenters. The van der Waals surface area contributed by atoms with Gasteiger partial charge in [-0.15, -0.1) is 0 Å². The highest BCUT2D eigenvalue weighted by atomic mass is 14.9. The van der Waals surface area contributed by atoms with Gasteiger partial charge in [0.25, 0.3) is 0 Å². The standard InChI is InChI=1S/C10H15N3/c1-2-9(3-5-11-4-1)10-6-12-8-13-7-10/h6-9,11H,1-5H2. The molecule has 0 amide bonds. The van der Waals surface area contributed by atoms with Gasteiger partial charge in [0.2, 0.25) is 0 Å². The van der Waals surface area contributed by atoms with Gasteiger partial charge in [0.05, 0.1) is 0 Å². The summed E-state index contributed by atoms with van der Waals surface area (Å²) in [5.74, 6) is 0.663. The van der Waals surface area contributed by atoms with E-state index in [1.807, 2.05) is 12.4 Å². The van der Waals surface area contributed by atoms with Crippen LogP contribution < -0.4 is 5.32 Å². The fourth-order valence-corrected chi connectivity index (χ4v) is 1.87. The second-order valence-corrected chi connectivity index (χ2v) is 3.55. The molecule has 0 radical (unpaired) electrons. The van der Waals surface area contributed by atoms with E-state index in [-0.39, 0.29) is 0 Å². The Morgan fingerprint density at radius 2 is 2.00 bits per heavy atom. The third kappa shape index (κ3) is 2.25. The van der Waals surface area contributed by atoms with Crippen molar-refractivity contribution in [3.63, 3.8) is 0 Å². The summed E-state index contributed by atoms with van der Waals surface area (Å²) in [5, 5.41) is 3.41. The lowest BCUT2D eigenvalue weighted by atomic mass is 9.94. The topological polar surface area (TPSA) is 37.8 Å². The second-order valence-electron chi connectivity index (χ2n) is 3.55. The van der Waals surface area contributed by atoms with Gasteiger partial charge in [-0.2, -0.15) is 0 Å². The minimum atomic E-state index is 0.663. The first kappa shape index (κ1) is 8.63. The fraction of sp³-hybridized carbons (Fsp3) is 0.600. The maximum atomic E-state index is 4.06. The van der Waals surface area contributed by atoms with Crippen molar-refractivity contribution in [2.24, 2.45) is 0 Å². The van der Waals surface area contributed by atoms with Crippen LogP contribution in [0.15, 0.2) is 18.7 Å².